The molecule has 34 heavy (non-hydrogen) atoms. The first-order valence-electron chi connectivity index (χ1n) is 11.0. The number of aryl methyl sites for hydroxylation is 3. The van der Waals surface area contributed by atoms with Crippen molar-refractivity contribution in [3.63, 3.8) is 0 Å². The van der Waals surface area contributed by atoms with E-state index in [0.717, 1.165) is 23.1 Å². The lowest BCUT2D eigenvalue weighted by molar-refractivity contribution is -0.202. The quantitative estimate of drug-likeness (QED) is 0.346. The van der Waals surface area contributed by atoms with Gasteiger partial charge in [0, 0.05) is 28.4 Å². The summed E-state index contributed by atoms with van der Waals surface area (Å²) >= 11 is 0.961. The van der Waals surface area contributed by atoms with Gasteiger partial charge in [0.2, 0.25) is 5.88 Å². The smallest absolute Gasteiger partial charge is 0.410 e. The molecule has 3 aromatic rings. The summed E-state index contributed by atoms with van der Waals surface area (Å²) in [5, 5.41) is 0. The molecule has 1 atom stereocenters. The molecule has 0 bridgehead atoms. The first-order chi connectivity index (χ1) is 16.0. The van der Waals surface area contributed by atoms with Gasteiger partial charge in [-0.2, -0.15) is 13.2 Å². The number of halogens is 3. The van der Waals surface area contributed by atoms with Gasteiger partial charge >= 0.3 is 6.18 Å². The Bertz CT molecular complexity index is 1110. The molecule has 0 saturated heterocycles. The van der Waals surface area contributed by atoms with Crippen molar-refractivity contribution >= 4 is 11.9 Å². The lowest BCUT2D eigenvalue weighted by atomic mass is 9.90. The first-order valence-corrected chi connectivity index (χ1v) is 11.8. The highest BCUT2D eigenvalue weighted by atomic mass is 32.2. The summed E-state index contributed by atoms with van der Waals surface area (Å²) in [5.41, 5.74) is 0.843. The van der Waals surface area contributed by atoms with Gasteiger partial charge in [0.15, 0.2) is 5.54 Å². The Balaban J connectivity index is 1.83. The van der Waals surface area contributed by atoms with Crippen LogP contribution in [0.5, 0.6) is 5.88 Å². The molecule has 1 unspecified atom stereocenters. The normalized spacial score (nSPS) is 13.7. The molecule has 0 aliphatic carbocycles. The number of ether oxygens (including phenoxy) is 1. The molecular formula is C25H29F3N4OS. The van der Waals surface area contributed by atoms with E-state index in [-0.39, 0.29) is 18.2 Å². The summed E-state index contributed by atoms with van der Waals surface area (Å²) in [6, 6.07) is 10.9. The van der Waals surface area contributed by atoms with Crippen molar-refractivity contribution in [3.05, 3.63) is 65.7 Å². The summed E-state index contributed by atoms with van der Waals surface area (Å²) in [6.07, 6.45) is -1.48. The zero-order chi connectivity index (χ0) is 24.9. The minimum Gasteiger partial charge on any atom is -0.475 e. The highest BCUT2D eigenvalue weighted by Gasteiger charge is 2.56. The van der Waals surface area contributed by atoms with Gasteiger partial charge in [0.1, 0.15) is 12.4 Å². The SMILES string of the molecule is Cc1ccc(SNC(COc2ncc(-c3ccnc(C)n3)cc2C)(CC(C)C)C(F)(F)F)cc1. The van der Waals surface area contributed by atoms with Gasteiger partial charge in [-0.05, 0) is 69.3 Å². The Kier molecular flexibility index (Phi) is 8.20. The summed E-state index contributed by atoms with van der Waals surface area (Å²) in [6.45, 7) is 8.40. The van der Waals surface area contributed by atoms with Crippen LogP contribution in [0.25, 0.3) is 11.3 Å². The van der Waals surface area contributed by atoms with Crippen molar-refractivity contribution in [1.29, 1.82) is 0 Å². The van der Waals surface area contributed by atoms with Gasteiger partial charge < -0.3 is 4.74 Å². The van der Waals surface area contributed by atoms with E-state index in [4.69, 9.17) is 4.74 Å². The number of nitrogens with zero attached hydrogens (tertiary/aromatic N) is 3. The number of aromatic nitrogens is 3. The molecule has 0 amide bonds. The van der Waals surface area contributed by atoms with Crippen LogP contribution in [0.3, 0.4) is 0 Å². The van der Waals surface area contributed by atoms with Gasteiger partial charge in [-0.15, -0.1) is 0 Å². The van der Waals surface area contributed by atoms with Gasteiger partial charge in [-0.25, -0.2) is 19.7 Å². The number of rotatable bonds is 9. The third-order valence-electron chi connectivity index (χ3n) is 5.24. The van der Waals surface area contributed by atoms with E-state index in [2.05, 4.69) is 19.7 Å². The predicted molar refractivity (Wildman–Crippen MR) is 129 cm³/mol. The van der Waals surface area contributed by atoms with E-state index >= 15 is 0 Å². The van der Waals surface area contributed by atoms with Crippen LogP contribution in [0.4, 0.5) is 13.2 Å². The van der Waals surface area contributed by atoms with E-state index in [1.165, 1.54) is 0 Å². The average molecular weight is 491 g/mol. The Labute approximate surface area is 202 Å². The van der Waals surface area contributed by atoms with Crippen LogP contribution in [0.2, 0.25) is 0 Å². The van der Waals surface area contributed by atoms with Crippen LogP contribution < -0.4 is 9.46 Å². The zero-order valence-electron chi connectivity index (χ0n) is 19.9. The van der Waals surface area contributed by atoms with E-state index in [0.29, 0.717) is 22.0 Å². The Hall–Kier alpha value is -2.65. The number of alkyl halides is 3. The van der Waals surface area contributed by atoms with Crippen LogP contribution in [0.15, 0.2) is 53.7 Å². The second-order valence-corrected chi connectivity index (χ2v) is 9.70. The third-order valence-corrected chi connectivity index (χ3v) is 6.24. The van der Waals surface area contributed by atoms with Crippen molar-refractivity contribution in [3.8, 4) is 17.1 Å². The molecule has 0 fully saturated rings. The third kappa shape index (κ3) is 6.48. The van der Waals surface area contributed by atoms with Crippen molar-refractivity contribution < 1.29 is 17.9 Å². The minimum atomic E-state index is -4.54. The van der Waals surface area contributed by atoms with Crippen LogP contribution in [-0.2, 0) is 0 Å². The lowest BCUT2D eigenvalue weighted by Gasteiger charge is -2.37. The Morgan fingerprint density at radius 1 is 1.03 bits per heavy atom. The monoisotopic (exact) mass is 490 g/mol. The lowest BCUT2D eigenvalue weighted by Crippen LogP contribution is -2.59. The number of hydrogen-bond acceptors (Lipinski definition) is 6. The highest BCUT2D eigenvalue weighted by molar-refractivity contribution is 7.97. The molecule has 0 spiro atoms. The van der Waals surface area contributed by atoms with Crippen molar-refractivity contribution in [2.24, 2.45) is 5.92 Å². The minimum absolute atomic E-state index is 0.146. The van der Waals surface area contributed by atoms with Crippen molar-refractivity contribution in [1.82, 2.24) is 19.7 Å². The van der Waals surface area contributed by atoms with Crippen LogP contribution in [0, 0.1) is 26.7 Å². The fourth-order valence-electron chi connectivity index (χ4n) is 3.51. The molecule has 1 N–H and O–H groups in total. The fraction of sp³-hybridized carbons (Fsp3) is 0.400. The largest absolute Gasteiger partial charge is 0.475 e. The number of hydrogen-bond donors (Lipinski definition) is 1. The molecule has 2 heterocycles. The van der Waals surface area contributed by atoms with E-state index < -0.39 is 18.3 Å². The van der Waals surface area contributed by atoms with Gasteiger partial charge in [-0.1, -0.05) is 31.5 Å². The second-order valence-electron chi connectivity index (χ2n) is 8.82. The maximum atomic E-state index is 14.4. The molecule has 0 radical (unpaired) electrons. The zero-order valence-corrected chi connectivity index (χ0v) is 20.7. The highest BCUT2D eigenvalue weighted by Crippen LogP contribution is 2.39. The van der Waals surface area contributed by atoms with Crippen molar-refractivity contribution in [2.75, 3.05) is 6.61 Å². The molecule has 5 nitrogen and oxygen atoms in total. The molecule has 0 aliphatic heterocycles. The average Bonchev–Trinajstić information content (AvgIpc) is 2.76. The van der Waals surface area contributed by atoms with Crippen LogP contribution in [0.1, 0.15) is 37.2 Å². The maximum Gasteiger partial charge on any atom is 0.410 e. The maximum absolute atomic E-state index is 14.4. The Morgan fingerprint density at radius 3 is 2.32 bits per heavy atom. The second kappa shape index (κ2) is 10.7. The summed E-state index contributed by atoms with van der Waals surface area (Å²) < 4.78 is 51.7. The van der Waals surface area contributed by atoms with E-state index in [1.807, 2.05) is 19.1 Å². The molecular weight excluding hydrogens is 461 g/mol. The van der Waals surface area contributed by atoms with Gasteiger partial charge in [0.25, 0.3) is 0 Å². The molecule has 0 aliphatic rings. The standard InChI is InChI=1S/C25H29F3N4OS/c1-16(2)13-24(25(26,27)28,32-34-21-8-6-17(3)7-9-21)15-33-23-18(4)12-20(14-30-23)22-10-11-29-19(5)31-22/h6-12,14,16,32H,13,15H2,1-5H3. The molecule has 1 aromatic carbocycles. The number of benzene rings is 1. The van der Waals surface area contributed by atoms with Gasteiger partial charge in [-0.3, -0.25) is 0 Å². The van der Waals surface area contributed by atoms with Crippen LogP contribution >= 0.6 is 11.9 Å². The topological polar surface area (TPSA) is 59.9 Å². The van der Waals surface area contributed by atoms with E-state index in [9.17, 15) is 13.2 Å². The predicted octanol–water partition coefficient (Wildman–Crippen LogP) is 6.49. The summed E-state index contributed by atoms with van der Waals surface area (Å²) in [5.74, 6) is 0.569. The van der Waals surface area contributed by atoms with E-state index in [1.54, 1.807) is 64.4 Å². The van der Waals surface area contributed by atoms with Crippen LogP contribution in [-0.4, -0.2) is 33.3 Å². The first kappa shape index (κ1) is 26.0. The number of nitrogens with one attached hydrogen (secondary N) is 1. The van der Waals surface area contributed by atoms with Gasteiger partial charge in [0.05, 0.1) is 5.69 Å². The fourth-order valence-corrected chi connectivity index (χ4v) is 4.35. The van der Waals surface area contributed by atoms with Crippen molar-refractivity contribution in [2.45, 2.75) is 57.7 Å². The summed E-state index contributed by atoms with van der Waals surface area (Å²) in [7, 11) is 0. The molecule has 3 rings (SSSR count). The summed E-state index contributed by atoms with van der Waals surface area (Å²) in [4.78, 5) is 13.4. The molecule has 182 valence electrons. The molecule has 2 aromatic heterocycles. The number of pyridine rings is 1. The Morgan fingerprint density at radius 2 is 1.74 bits per heavy atom. The molecule has 0 saturated carbocycles. The molecule has 9 heteroatoms.